The van der Waals surface area contributed by atoms with E-state index in [1.54, 1.807) is 0 Å². The summed E-state index contributed by atoms with van der Waals surface area (Å²) in [4.78, 5) is 0. The molecule has 1 heterocycles. The van der Waals surface area contributed by atoms with Crippen molar-refractivity contribution in [2.45, 2.75) is 46.2 Å². The van der Waals surface area contributed by atoms with Crippen molar-refractivity contribution in [1.29, 1.82) is 0 Å². The van der Waals surface area contributed by atoms with Crippen molar-refractivity contribution in [3.8, 4) is 0 Å². The Morgan fingerprint density at radius 3 is 2.78 bits per heavy atom. The van der Waals surface area contributed by atoms with Crippen LogP contribution in [0.4, 0.5) is 0 Å². The van der Waals surface area contributed by atoms with Crippen molar-refractivity contribution in [2.24, 2.45) is 0 Å². The Hall–Kier alpha value is -1.35. The highest BCUT2D eigenvalue weighted by Crippen LogP contribution is 2.19. The van der Waals surface area contributed by atoms with E-state index in [0.717, 1.165) is 25.9 Å². The summed E-state index contributed by atoms with van der Waals surface area (Å²) in [6.07, 6.45) is 2.19. The highest BCUT2D eigenvalue weighted by atomic mass is 15.3. The molecule has 0 unspecified atom stereocenters. The Balaban J connectivity index is 2.08. The van der Waals surface area contributed by atoms with E-state index in [9.17, 15) is 0 Å². The van der Waals surface area contributed by atoms with Crippen molar-refractivity contribution in [3.05, 3.63) is 30.0 Å². The zero-order chi connectivity index (χ0) is 13.0. The van der Waals surface area contributed by atoms with Crippen LogP contribution in [-0.2, 0) is 13.0 Å². The van der Waals surface area contributed by atoms with E-state index in [4.69, 9.17) is 5.10 Å². The number of nitrogens with one attached hydrogen (secondary N) is 1. The molecule has 18 heavy (non-hydrogen) atoms. The fourth-order valence-corrected chi connectivity index (χ4v) is 2.27. The van der Waals surface area contributed by atoms with Gasteiger partial charge in [-0.3, -0.25) is 4.68 Å². The summed E-state index contributed by atoms with van der Waals surface area (Å²) in [5.41, 5.74) is 2.49. The zero-order valence-corrected chi connectivity index (χ0v) is 11.6. The van der Waals surface area contributed by atoms with Gasteiger partial charge in [-0.1, -0.05) is 32.0 Å². The monoisotopic (exact) mass is 245 g/mol. The standard InChI is InChI=1S/C15H23N3/c1-4-18-15-10-6-5-8-13(15)14(17-18)9-7-11-16-12(2)3/h5-6,8,10,12,16H,4,7,9,11H2,1-3H3. The third-order valence-electron chi connectivity index (χ3n) is 3.18. The molecule has 0 saturated heterocycles. The van der Waals surface area contributed by atoms with E-state index < -0.39 is 0 Å². The predicted molar refractivity (Wildman–Crippen MR) is 76.9 cm³/mol. The minimum atomic E-state index is 0.565. The number of rotatable bonds is 6. The molecule has 0 saturated carbocycles. The summed E-state index contributed by atoms with van der Waals surface area (Å²) < 4.78 is 2.10. The Kier molecular flexibility index (Phi) is 4.37. The summed E-state index contributed by atoms with van der Waals surface area (Å²) in [5, 5.41) is 9.47. The number of hydrogen-bond donors (Lipinski definition) is 1. The van der Waals surface area contributed by atoms with Gasteiger partial charge in [-0.2, -0.15) is 5.10 Å². The number of para-hydroxylation sites is 1. The molecule has 1 aromatic heterocycles. The molecule has 98 valence electrons. The summed E-state index contributed by atoms with van der Waals surface area (Å²) in [6.45, 7) is 8.50. The lowest BCUT2D eigenvalue weighted by molar-refractivity contribution is 0.565. The highest BCUT2D eigenvalue weighted by Gasteiger charge is 2.08. The second kappa shape index (κ2) is 6.01. The van der Waals surface area contributed by atoms with Gasteiger partial charge in [-0.05, 0) is 32.4 Å². The van der Waals surface area contributed by atoms with E-state index in [-0.39, 0.29) is 0 Å². The maximum Gasteiger partial charge on any atom is 0.0703 e. The van der Waals surface area contributed by atoms with Crippen LogP contribution in [0.1, 0.15) is 32.9 Å². The number of benzene rings is 1. The van der Waals surface area contributed by atoms with Crippen LogP contribution in [0.25, 0.3) is 10.9 Å². The molecule has 0 spiro atoms. The molecule has 3 heteroatoms. The fraction of sp³-hybridized carbons (Fsp3) is 0.533. The van der Waals surface area contributed by atoms with Gasteiger partial charge in [0.25, 0.3) is 0 Å². The maximum atomic E-state index is 4.71. The van der Waals surface area contributed by atoms with Crippen LogP contribution in [-0.4, -0.2) is 22.4 Å². The molecule has 0 aliphatic carbocycles. The highest BCUT2D eigenvalue weighted by molar-refractivity contribution is 5.81. The van der Waals surface area contributed by atoms with E-state index in [0.29, 0.717) is 6.04 Å². The molecule has 0 fully saturated rings. The van der Waals surface area contributed by atoms with Crippen LogP contribution >= 0.6 is 0 Å². The third-order valence-corrected chi connectivity index (χ3v) is 3.18. The number of hydrogen-bond acceptors (Lipinski definition) is 2. The molecule has 1 N–H and O–H groups in total. The Morgan fingerprint density at radius 1 is 1.28 bits per heavy atom. The largest absolute Gasteiger partial charge is 0.315 e. The first-order chi connectivity index (χ1) is 8.72. The minimum absolute atomic E-state index is 0.565. The minimum Gasteiger partial charge on any atom is -0.315 e. The van der Waals surface area contributed by atoms with Gasteiger partial charge in [0.2, 0.25) is 0 Å². The average Bonchev–Trinajstić information content (AvgIpc) is 2.73. The van der Waals surface area contributed by atoms with Crippen LogP contribution in [0.5, 0.6) is 0 Å². The quantitative estimate of drug-likeness (QED) is 0.793. The molecule has 0 aliphatic rings. The summed E-state index contributed by atoms with van der Waals surface area (Å²) in [5.74, 6) is 0. The normalized spacial score (nSPS) is 11.6. The van der Waals surface area contributed by atoms with Crippen LogP contribution in [0.2, 0.25) is 0 Å². The van der Waals surface area contributed by atoms with Gasteiger partial charge in [-0.15, -0.1) is 0 Å². The molecule has 0 radical (unpaired) electrons. The second-order valence-corrected chi connectivity index (χ2v) is 4.99. The molecule has 1 aromatic carbocycles. The lowest BCUT2D eigenvalue weighted by Gasteiger charge is -2.06. The van der Waals surface area contributed by atoms with Crippen LogP contribution in [0.3, 0.4) is 0 Å². The van der Waals surface area contributed by atoms with Gasteiger partial charge < -0.3 is 5.32 Å². The number of nitrogens with zero attached hydrogens (tertiary/aromatic N) is 2. The lowest BCUT2D eigenvalue weighted by Crippen LogP contribution is -2.23. The Bertz CT molecular complexity index is 499. The molecule has 2 aromatic rings. The first kappa shape index (κ1) is 13.1. The van der Waals surface area contributed by atoms with Crippen molar-refractivity contribution >= 4 is 10.9 Å². The van der Waals surface area contributed by atoms with Gasteiger partial charge in [0.15, 0.2) is 0 Å². The van der Waals surface area contributed by atoms with Crippen molar-refractivity contribution < 1.29 is 0 Å². The Labute approximate surface area is 109 Å². The summed E-state index contributed by atoms with van der Waals surface area (Å²) >= 11 is 0. The molecule has 0 bridgehead atoms. The van der Waals surface area contributed by atoms with Crippen molar-refractivity contribution in [1.82, 2.24) is 15.1 Å². The smallest absolute Gasteiger partial charge is 0.0703 e. The molecule has 0 aliphatic heterocycles. The van der Waals surface area contributed by atoms with Crippen LogP contribution in [0.15, 0.2) is 24.3 Å². The van der Waals surface area contributed by atoms with Crippen LogP contribution in [0, 0.1) is 0 Å². The van der Waals surface area contributed by atoms with Gasteiger partial charge in [0, 0.05) is 18.0 Å². The lowest BCUT2D eigenvalue weighted by atomic mass is 10.1. The third kappa shape index (κ3) is 2.91. The van der Waals surface area contributed by atoms with E-state index in [1.165, 1.54) is 16.6 Å². The first-order valence-corrected chi connectivity index (χ1v) is 6.90. The molecular formula is C15H23N3. The fourth-order valence-electron chi connectivity index (χ4n) is 2.27. The van der Waals surface area contributed by atoms with E-state index in [1.807, 2.05) is 0 Å². The predicted octanol–water partition coefficient (Wildman–Crippen LogP) is 2.99. The zero-order valence-electron chi connectivity index (χ0n) is 11.6. The number of aryl methyl sites for hydroxylation is 2. The summed E-state index contributed by atoms with van der Waals surface area (Å²) in [6, 6.07) is 9.08. The van der Waals surface area contributed by atoms with E-state index in [2.05, 4.69) is 55.0 Å². The first-order valence-electron chi connectivity index (χ1n) is 6.90. The maximum absolute atomic E-state index is 4.71. The average molecular weight is 245 g/mol. The number of fused-ring (bicyclic) bond motifs is 1. The van der Waals surface area contributed by atoms with Gasteiger partial charge in [0.1, 0.15) is 0 Å². The SMILES string of the molecule is CCn1nc(CCCNC(C)C)c2ccccc21. The molecule has 0 amide bonds. The van der Waals surface area contributed by atoms with E-state index >= 15 is 0 Å². The molecular weight excluding hydrogens is 222 g/mol. The van der Waals surface area contributed by atoms with Crippen molar-refractivity contribution in [2.75, 3.05) is 6.54 Å². The topological polar surface area (TPSA) is 29.9 Å². The van der Waals surface area contributed by atoms with Gasteiger partial charge in [0.05, 0.1) is 11.2 Å². The van der Waals surface area contributed by atoms with Gasteiger partial charge >= 0.3 is 0 Å². The van der Waals surface area contributed by atoms with Crippen LogP contribution < -0.4 is 5.32 Å². The molecule has 3 nitrogen and oxygen atoms in total. The van der Waals surface area contributed by atoms with Gasteiger partial charge in [-0.25, -0.2) is 0 Å². The number of aromatic nitrogens is 2. The molecule has 2 rings (SSSR count). The van der Waals surface area contributed by atoms with Crippen molar-refractivity contribution in [3.63, 3.8) is 0 Å². The Morgan fingerprint density at radius 2 is 2.06 bits per heavy atom. The molecule has 0 atom stereocenters. The second-order valence-electron chi connectivity index (χ2n) is 4.99. The summed E-state index contributed by atoms with van der Waals surface area (Å²) in [7, 11) is 0.